The molecule has 0 aliphatic carbocycles. The van der Waals surface area contributed by atoms with Crippen LogP contribution in [0.4, 0.5) is 10.1 Å². The van der Waals surface area contributed by atoms with Crippen LogP contribution >= 0.6 is 0 Å². The Bertz CT molecular complexity index is 1090. The highest BCUT2D eigenvalue weighted by atomic mass is 19.1. The van der Waals surface area contributed by atoms with Gasteiger partial charge in [0.2, 0.25) is 0 Å². The van der Waals surface area contributed by atoms with E-state index in [1.165, 1.54) is 24.0 Å². The Morgan fingerprint density at radius 2 is 2.14 bits per heavy atom. The molecule has 0 fully saturated rings. The van der Waals surface area contributed by atoms with E-state index in [9.17, 15) is 9.18 Å². The molecule has 3 aromatic rings. The average Bonchev–Trinajstić information content (AvgIpc) is 3.03. The maximum absolute atomic E-state index is 14.1. The lowest BCUT2D eigenvalue weighted by atomic mass is 10.0. The van der Waals surface area contributed by atoms with Crippen molar-refractivity contribution in [1.82, 2.24) is 14.5 Å². The van der Waals surface area contributed by atoms with Crippen LogP contribution in [-0.4, -0.2) is 33.7 Å². The topological polar surface area (TPSA) is 60.2 Å². The van der Waals surface area contributed by atoms with Crippen LogP contribution in [0.25, 0.3) is 10.9 Å². The molecular formula is C22H25FN4O2. The zero-order valence-corrected chi connectivity index (χ0v) is 17.2. The monoisotopic (exact) mass is 396 g/mol. The first-order valence-electron chi connectivity index (χ1n) is 9.95. The van der Waals surface area contributed by atoms with E-state index >= 15 is 0 Å². The summed E-state index contributed by atoms with van der Waals surface area (Å²) in [7, 11) is 2.05. The van der Waals surface area contributed by atoms with Gasteiger partial charge in [-0.1, -0.05) is 13.8 Å². The minimum absolute atomic E-state index is 0.265. The smallest absolute Gasteiger partial charge is 0.341 e. The molecule has 0 atom stereocenters. The van der Waals surface area contributed by atoms with Gasteiger partial charge >= 0.3 is 5.97 Å². The molecule has 0 saturated heterocycles. The summed E-state index contributed by atoms with van der Waals surface area (Å²) in [4.78, 5) is 23.9. The van der Waals surface area contributed by atoms with Gasteiger partial charge in [-0.3, -0.25) is 4.98 Å². The number of anilines is 1. The van der Waals surface area contributed by atoms with Gasteiger partial charge in [0.05, 0.1) is 30.0 Å². The predicted molar refractivity (Wildman–Crippen MR) is 110 cm³/mol. The van der Waals surface area contributed by atoms with Gasteiger partial charge in [0.25, 0.3) is 0 Å². The lowest BCUT2D eigenvalue weighted by molar-refractivity contribution is 0.0526. The van der Waals surface area contributed by atoms with Crippen molar-refractivity contribution < 1.29 is 13.9 Å². The van der Waals surface area contributed by atoms with Crippen molar-refractivity contribution in [1.29, 1.82) is 0 Å². The zero-order valence-electron chi connectivity index (χ0n) is 17.2. The molecule has 0 N–H and O–H groups in total. The Morgan fingerprint density at radius 1 is 1.34 bits per heavy atom. The van der Waals surface area contributed by atoms with Gasteiger partial charge in [-0.2, -0.15) is 0 Å². The molecule has 1 aromatic carbocycles. The molecule has 0 saturated carbocycles. The second-order valence-corrected chi connectivity index (χ2v) is 7.65. The fraction of sp³-hybridized carbons (Fsp3) is 0.409. The molecule has 3 heterocycles. The molecule has 0 spiro atoms. The molecule has 29 heavy (non-hydrogen) atoms. The largest absolute Gasteiger partial charge is 0.462 e. The number of benzene rings is 1. The first kappa shape index (κ1) is 19.4. The van der Waals surface area contributed by atoms with Crippen LogP contribution in [0.1, 0.15) is 54.3 Å². The van der Waals surface area contributed by atoms with Crippen LogP contribution in [0.5, 0.6) is 0 Å². The second-order valence-electron chi connectivity index (χ2n) is 7.65. The summed E-state index contributed by atoms with van der Waals surface area (Å²) in [5, 5.41) is 0.610. The van der Waals surface area contributed by atoms with E-state index < -0.39 is 5.97 Å². The number of hydrogen-bond acceptors (Lipinski definition) is 5. The predicted octanol–water partition coefficient (Wildman–Crippen LogP) is 3.97. The summed E-state index contributed by atoms with van der Waals surface area (Å²) in [6, 6.07) is 4.45. The van der Waals surface area contributed by atoms with Gasteiger partial charge in [0.1, 0.15) is 17.2 Å². The number of hydrogen-bond donors (Lipinski definition) is 0. The highest BCUT2D eigenvalue weighted by molar-refractivity contribution is 6.05. The van der Waals surface area contributed by atoms with Gasteiger partial charge in [-0.25, -0.2) is 14.2 Å². The fourth-order valence-electron chi connectivity index (χ4n) is 4.11. The molecule has 0 bridgehead atoms. The fourth-order valence-corrected chi connectivity index (χ4v) is 4.11. The number of rotatable bonds is 4. The number of fused-ring (bicyclic) bond motifs is 2. The van der Waals surface area contributed by atoms with E-state index in [1.54, 1.807) is 13.0 Å². The summed E-state index contributed by atoms with van der Waals surface area (Å²) in [6.45, 7) is 7.54. The molecule has 7 heteroatoms. The zero-order chi connectivity index (χ0) is 20.7. The summed E-state index contributed by atoms with van der Waals surface area (Å²) in [6.07, 6.45) is 2.33. The summed E-state index contributed by atoms with van der Waals surface area (Å²) >= 11 is 0. The van der Waals surface area contributed by atoms with Crippen molar-refractivity contribution in [2.24, 2.45) is 7.05 Å². The quantitative estimate of drug-likeness (QED) is 0.625. The number of carbonyl (C=O) groups excluding carboxylic acids is 1. The van der Waals surface area contributed by atoms with Crippen molar-refractivity contribution in [2.45, 2.75) is 39.7 Å². The van der Waals surface area contributed by atoms with Crippen LogP contribution in [0, 0.1) is 5.82 Å². The maximum atomic E-state index is 14.1. The van der Waals surface area contributed by atoms with E-state index in [2.05, 4.69) is 35.3 Å². The summed E-state index contributed by atoms with van der Waals surface area (Å²) < 4.78 is 21.5. The Balaban J connectivity index is 1.84. The molecule has 2 aromatic heterocycles. The molecule has 152 valence electrons. The number of nitrogens with zero attached hydrogens (tertiary/aromatic N) is 4. The summed E-state index contributed by atoms with van der Waals surface area (Å²) in [5.41, 5.74) is 3.87. The van der Waals surface area contributed by atoms with Gasteiger partial charge in [0, 0.05) is 43.2 Å². The molecule has 6 nitrogen and oxygen atoms in total. The van der Waals surface area contributed by atoms with Gasteiger partial charge in [-0.15, -0.1) is 0 Å². The number of halogens is 1. The van der Waals surface area contributed by atoms with Crippen molar-refractivity contribution >= 4 is 22.6 Å². The highest BCUT2D eigenvalue weighted by Gasteiger charge is 2.28. The number of pyridine rings is 1. The minimum atomic E-state index is -0.448. The van der Waals surface area contributed by atoms with E-state index in [-0.39, 0.29) is 12.4 Å². The molecule has 1 aliphatic heterocycles. The second kappa shape index (κ2) is 7.46. The molecule has 1 aliphatic rings. The maximum Gasteiger partial charge on any atom is 0.341 e. The Hall–Kier alpha value is -2.96. The number of imidazole rings is 1. The first-order chi connectivity index (χ1) is 13.9. The third-order valence-corrected chi connectivity index (χ3v) is 5.42. The normalized spacial score (nSPS) is 13.8. The average molecular weight is 396 g/mol. The van der Waals surface area contributed by atoms with Crippen LogP contribution in [0.15, 0.2) is 24.4 Å². The lowest BCUT2D eigenvalue weighted by Crippen LogP contribution is -2.32. The number of esters is 1. The molecule has 4 rings (SSSR count). The van der Waals surface area contributed by atoms with Crippen molar-refractivity contribution in [3.05, 3.63) is 53.0 Å². The third kappa shape index (κ3) is 3.34. The highest BCUT2D eigenvalue weighted by Crippen LogP contribution is 2.34. The third-order valence-electron chi connectivity index (χ3n) is 5.42. The van der Waals surface area contributed by atoms with Crippen molar-refractivity contribution in [2.75, 3.05) is 18.1 Å². The first-order valence-corrected chi connectivity index (χ1v) is 9.95. The van der Waals surface area contributed by atoms with Gasteiger partial charge < -0.3 is 14.2 Å². The minimum Gasteiger partial charge on any atom is -0.462 e. The van der Waals surface area contributed by atoms with E-state index in [1.807, 2.05) is 0 Å². The van der Waals surface area contributed by atoms with Crippen LogP contribution in [0.3, 0.4) is 0 Å². The van der Waals surface area contributed by atoms with Gasteiger partial charge in [-0.05, 0) is 25.1 Å². The van der Waals surface area contributed by atoms with Gasteiger partial charge in [0.15, 0.2) is 0 Å². The Morgan fingerprint density at radius 3 is 2.86 bits per heavy atom. The number of ether oxygens (including phenoxy) is 1. The molecule has 0 radical (unpaired) electrons. The standard InChI is InChI=1S/C22H25FN4O2/c1-5-29-22(28)16-11-24-17-7-6-14(23)10-15(17)20(16)27-9-8-19-18(12-27)25-21(13(2)3)26(19)4/h6-7,10-11,13H,5,8-9,12H2,1-4H3. The van der Waals surface area contributed by atoms with E-state index in [0.717, 1.165) is 17.9 Å². The molecule has 0 amide bonds. The van der Waals surface area contributed by atoms with E-state index in [0.29, 0.717) is 41.2 Å². The van der Waals surface area contributed by atoms with Crippen LogP contribution in [-0.2, 0) is 24.8 Å². The Labute approximate surface area is 169 Å². The van der Waals surface area contributed by atoms with Crippen molar-refractivity contribution in [3.8, 4) is 0 Å². The number of carbonyl (C=O) groups is 1. The lowest BCUT2D eigenvalue weighted by Gasteiger charge is -2.31. The summed E-state index contributed by atoms with van der Waals surface area (Å²) in [5.74, 6) is 0.563. The van der Waals surface area contributed by atoms with Crippen molar-refractivity contribution in [3.63, 3.8) is 0 Å². The van der Waals surface area contributed by atoms with E-state index in [4.69, 9.17) is 9.72 Å². The molecule has 0 unspecified atom stereocenters. The van der Waals surface area contributed by atoms with Crippen LogP contribution < -0.4 is 4.90 Å². The SMILES string of the molecule is CCOC(=O)c1cnc2ccc(F)cc2c1N1CCc2c(nc(C(C)C)n2C)C1. The molecular weight excluding hydrogens is 371 g/mol. The Kier molecular flexibility index (Phi) is 4.98. The number of aromatic nitrogens is 3. The van der Waals surface area contributed by atoms with Crippen LogP contribution in [0.2, 0.25) is 0 Å².